The number of aliphatic hydroxyl groups excluding tert-OH is 1. The summed E-state index contributed by atoms with van der Waals surface area (Å²) in [7, 11) is 0. The molecule has 186 valence electrons. The van der Waals surface area contributed by atoms with Gasteiger partial charge < -0.3 is 15.2 Å². The minimum atomic E-state index is -1.27. The van der Waals surface area contributed by atoms with Crippen LogP contribution in [-0.2, 0) is 14.3 Å². The number of hydrogen-bond acceptors (Lipinski definition) is 5. The number of ether oxygens (including phenoxy) is 1. The van der Waals surface area contributed by atoms with Crippen LogP contribution in [-0.4, -0.2) is 40.7 Å². The van der Waals surface area contributed by atoms with Gasteiger partial charge in [0.2, 0.25) is 5.91 Å². The number of aliphatic hydroxyl groups is 1. The van der Waals surface area contributed by atoms with Crippen molar-refractivity contribution in [2.24, 2.45) is 29.1 Å². The topological polar surface area (TPSA) is 88.5 Å². The minimum absolute atomic E-state index is 0.0813. The lowest BCUT2D eigenvalue weighted by Gasteiger charge is -2.46. The van der Waals surface area contributed by atoms with Crippen molar-refractivity contribution in [2.75, 3.05) is 6.54 Å². The van der Waals surface area contributed by atoms with Crippen molar-refractivity contribution in [1.82, 2.24) is 10.3 Å². The molecule has 1 saturated heterocycles. The molecule has 2 fully saturated rings. The Hall–Kier alpha value is -3.06. The molecule has 0 bridgehead atoms. The molecule has 2 N–H and O–H groups in total. The lowest BCUT2D eigenvalue weighted by Crippen LogP contribution is -2.56. The van der Waals surface area contributed by atoms with Gasteiger partial charge in [-0.05, 0) is 67.9 Å². The fraction of sp³-hybridized carbons (Fsp3) is 0.464. The normalized spacial score (nSPS) is 31.1. The van der Waals surface area contributed by atoms with Crippen LogP contribution in [0.5, 0.6) is 0 Å². The molecule has 1 aromatic carbocycles. The third-order valence-electron chi connectivity index (χ3n) is 7.69. The standard InChI is InChI=1S/C28H33FN2O4/c1-16-13-28(26(33)31-14-17(2)32)25(19(4)35-27(28)34)24(18(16)3)11-10-23-9-8-21(15-30-23)20-6-5-7-22(29)12-20/h5-12,15-19,24-25,32H,13-14H2,1-4H3,(H,31,33)/b11-10+/t16?,17-,18?,19?,24?,25?,28+/m0/s1. The van der Waals surface area contributed by atoms with Crippen LogP contribution < -0.4 is 5.32 Å². The first-order chi connectivity index (χ1) is 16.6. The van der Waals surface area contributed by atoms with E-state index in [1.807, 2.05) is 37.3 Å². The van der Waals surface area contributed by atoms with Gasteiger partial charge in [0.05, 0.1) is 11.8 Å². The number of benzene rings is 1. The second-order valence-electron chi connectivity index (χ2n) is 10.1. The van der Waals surface area contributed by atoms with Crippen LogP contribution in [0.4, 0.5) is 4.39 Å². The van der Waals surface area contributed by atoms with Crippen molar-refractivity contribution < 1.29 is 23.8 Å². The summed E-state index contributed by atoms with van der Waals surface area (Å²) in [6, 6.07) is 10.1. The minimum Gasteiger partial charge on any atom is -0.461 e. The molecule has 0 radical (unpaired) electrons. The molecule has 2 heterocycles. The van der Waals surface area contributed by atoms with Gasteiger partial charge in [-0.15, -0.1) is 0 Å². The monoisotopic (exact) mass is 480 g/mol. The first-order valence-electron chi connectivity index (χ1n) is 12.2. The molecule has 0 spiro atoms. The number of fused-ring (bicyclic) bond motifs is 1. The van der Waals surface area contributed by atoms with E-state index in [2.05, 4.69) is 24.1 Å². The third kappa shape index (κ3) is 4.74. The van der Waals surface area contributed by atoms with E-state index in [1.54, 1.807) is 19.2 Å². The van der Waals surface area contributed by atoms with Gasteiger partial charge in [-0.1, -0.05) is 38.1 Å². The zero-order valence-corrected chi connectivity index (χ0v) is 20.6. The number of pyridine rings is 1. The number of carbonyl (C=O) groups is 2. The highest BCUT2D eigenvalue weighted by atomic mass is 19.1. The van der Waals surface area contributed by atoms with E-state index in [9.17, 15) is 19.1 Å². The molecule has 7 atom stereocenters. The van der Waals surface area contributed by atoms with E-state index < -0.39 is 23.6 Å². The molecule has 1 aliphatic carbocycles. The number of halogens is 1. The zero-order valence-electron chi connectivity index (χ0n) is 20.6. The number of rotatable bonds is 6. The predicted molar refractivity (Wildman–Crippen MR) is 131 cm³/mol. The summed E-state index contributed by atoms with van der Waals surface area (Å²) in [6.45, 7) is 7.73. The van der Waals surface area contributed by atoms with Crippen molar-refractivity contribution in [3.8, 4) is 11.1 Å². The zero-order chi connectivity index (χ0) is 25.3. The lowest BCUT2D eigenvalue weighted by atomic mass is 9.54. The Bertz CT molecular complexity index is 1120. The Kier molecular flexibility index (Phi) is 7.08. The Morgan fingerprint density at radius 1 is 1.29 bits per heavy atom. The predicted octanol–water partition coefficient (Wildman–Crippen LogP) is 4.24. The molecule has 2 aliphatic rings. The van der Waals surface area contributed by atoms with Gasteiger partial charge in [-0.3, -0.25) is 14.6 Å². The van der Waals surface area contributed by atoms with Gasteiger partial charge in [-0.2, -0.15) is 0 Å². The highest BCUT2D eigenvalue weighted by molar-refractivity contribution is 6.04. The van der Waals surface area contributed by atoms with Gasteiger partial charge in [-0.25, -0.2) is 4.39 Å². The molecule has 6 nitrogen and oxygen atoms in total. The number of cyclic esters (lactones) is 1. The summed E-state index contributed by atoms with van der Waals surface area (Å²) in [6.07, 6.45) is 4.97. The number of amides is 1. The summed E-state index contributed by atoms with van der Waals surface area (Å²) in [4.78, 5) is 30.9. The number of aromatic nitrogens is 1. The van der Waals surface area contributed by atoms with Crippen molar-refractivity contribution in [3.05, 3.63) is 60.2 Å². The number of hydrogen-bond donors (Lipinski definition) is 2. The Labute approximate surface area is 205 Å². The van der Waals surface area contributed by atoms with Gasteiger partial charge in [0.25, 0.3) is 0 Å². The third-order valence-corrected chi connectivity index (χ3v) is 7.69. The fourth-order valence-corrected chi connectivity index (χ4v) is 5.73. The fourth-order valence-electron chi connectivity index (χ4n) is 5.73. The molecule has 5 unspecified atom stereocenters. The van der Waals surface area contributed by atoms with Crippen molar-refractivity contribution in [1.29, 1.82) is 0 Å². The second kappa shape index (κ2) is 9.90. The summed E-state index contributed by atoms with van der Waals surface area (Å²) < 4.78 is 19.2. The highest BCUT2D eigenvalue weighted by Crippen LogP contribution is 2.56. The van der Waals surface area contributed by atoms with E-state index in [1.165, 1.54) is 12.1 Å². The SMILES string of the molecule is CC1C[C@@]2(C(=O)NC[C@H](C)O)C(=O)OC(C)C2C(/C=C/c2ccc(-c3cccc(F)c3)cn2)C1C. The van der Waals surface area contributed by atoms with Gasteiger partial charge in [0.15, 0.2) is 5.41 Å². The summed E-state index contributed by atoms with van der Waals surface area (Å²) in [5.41, 5.74) is 1.03. The maximum absolute atomic E-state index is 13.6. The van der Waals surface area contributed by atoms with Crippen LogP contribution in [0.2, 0.25) is 0 Å². The van der Waals surface area contributed by atoms with Crippen LogP contribution in [0.1, 0.15) is 39.8 Å². The van der Waals surface area contributed by atoms with Crippen LogP contribution in [0.15, 0.2) is 48.7 Å². The first kappa shape index (κ1) is 25.0. The largest absolute Gasteiger partial charge is 0.461 e. The van der Waals surface area contributed by atoms with Crippen molar-refractivity contribution >= 4 is 18.0 Å². The molecule has 1 amide bonds. The maximum atomic E-state index is 13.6. The molecular formula is C28H33FN2O4. The number of nitrogens with one attached hydrogen (secondary N) is 1. The average molecular weight is 481 g/mol. The molecule has 1 aromatic heterocycles. The van der Waals surface area contributed by atoms with Crippen molar-refractivity contribution in [3.63, 3.8) is 0 Å². The highest BCUT2D eigenvalue weighted by Gasteiger charge is 2.66. The molecule has 1 aliphatic heterocycles. The molecule has 4 rings (SSSR count). The van der Waals surface area contributed by atoms with E-state index in [0.29, 0.717) is 6.42 Å². The first-order valence-corrected chi connectivity index (χ1v) is 12.2. The number of esters is 1. The van der Waals surface area contributed by atoms with Gasteiger partial charge in [0.1, 0.15) is 11.9 Å². The van der Waals surface area contributed by atoms with E-state index in [-0.39, 0.29) is 41.9 Å². The smallest absolute Gasteiger partial charge is 0.322 e. The summed E-state index contributed by atoms with van der Waals surface area (Å²) >= 11 is 0. The molecular weight excluding hydrogens is 447 g/mol. The number of carbonyl (C=O) groups excluding carboxylic acids is 2. The molecule has 1 saturated carbocycles. The van der Waals surface area contributed by atoms with E-state index in [4.69, 9.17) is 4.74 Å². The lowest BCUT2D eigenvalue weighted by molar-refractivity contribution is -0.157. The van der Waals surface area contributed by atoms with Gasteiger partial charge in [0, 0.05) is 24.2 Å². The average Bonchev–Trinajstić information content (AvgIpc) is 3.08. The van der Waals surface area contributed by atoms with Crippen LogP contribution in [0.3, 0.4) is 0 Å². The number of nitrogens with zero attached hydrogens (tertiary/aromatic N) is 1. The van der Waals surface area contributed by atoms with Crippen LogP contribution in [0, 0.1) is 34.9 Å². The number of allylic oxidation sites excluding steroid dienone is 1. The Morgan fingerprint density at radius 3 is 2.71 bits per heavy atom. The van der Waals surface area contributed by atoms with Crippen molar-refractivity contribution in [2.45, 2.75) is 46.3 Å². The van der Waals surface area contributed by atoms with Gasteiger partial charge >= 0.3 is 5.97 Å². The Balaban J connectivity index is 1.61. The molecule has 7 heteroatoms. The van der Waals surface area contributed by atoms with E-state index >= 15 is 0 Å². The molecule has 2 aromatic rings. The van der Waals surface area contributed by atoms with Crippen LogP contribution >= 0.6 is 0 Å². The quantitative estimate of drug-likeness (QED) is 0.477. The van der Waals surface area contributed by atoms with Crippen LogP contribution in [0.25, 0.3) is 17.2 Å². The Morgan fingerprint density at radius 2 is 2.06 bits per heavy atom. The van der Waals surface area contributed by atoms with E-state index in [0.717, 1.165) is 16.8 Å². The summed E-state index contributed by atoms with van der Waals surface area (Å²) in [5.74, 6) is -1.22. The molecule has 35 heavy (non-hydrogen) atoms. The second-order valence-corrected chi connectivity index (χ2v) is 10.1. The summed E-state index contributed by atoms with van der Waals surface area (Å²) in [5, 5.41) is 12.4. The maximum Gasteiger partial charge on any atom is 0.322 e.